The van der Waals surface area contributed by atoms with Gasteiger partial charge in [-0.1, -0.05) is 60.0 Å². The molecule has 0 aliphatic carbocycles. The summed E-state index contributed by atoms with van der Waals surface area (Å²) >= 11 is 13.0. The molecule has 3 aromatic rings. The zero-order chi connectivity index (χ0) is 28.2. The SMILES string of the molecule is CS(=O)N1CCCCC1CN1C(=O)c2ccccc2C(C(=O)NOCc2ccccn2)C1c1ccc(Cl)cc1Cl. The zero-order valence-corrected chi connectivity index (χ0v) is 24.3. The lowest BCUT2D eigenvalue weighted by atomic mass is 9.79. The summed E-state index contributed by atoms with van der Waals surface area (Å²) < 4.78 is 14.5. The molecule has 2 aliphatic rings. The number of carbonyl (C=O) groups excluding carboxylic acids is 2. The van der Waals surface area contributed by atoms with Crippen molar-refractivity contribution in [1.29, 1.82) is 0 Å². The van der Waals surface area contributed by atoms with Gasteiger partial charge in [0.05, 0.1) is 28.6 Å². The van der Waals surface area contributed by atoms with Crippen LogP contribution in [0.5, 0.6) is 0 Å². The van der Waals surface area contributed by atoms with Crippen LogP contribution in [0.15, 0.2) is 66.9 Å². The van der Waals surface area contributed by atoms with E-state index in [9.17, 15) is 13.8 Å². The number of hydrogen-bond donors (Lipinski definition) is 1. The highest BCUT2D eigenvalue weighted by Crippen LogP contribution is 2.45. The van der Waals surface area contributed by atoms with E-state index < -0.39 is 28.9 Å². The molecule has 2 aromatic carbocycles. The Labute approximate surface area is 246 Å². The van der Waals surface area contributed by atoms with Crippen molar-refractivity contribution < 1.29 is 18.6 Å². The molecule has 4 unspecified atom stereocenters. The van der Waals surface area contributed by atoms with E-state index in [0.29, 0.717) is 39.0 Å². The summed E-state index contributed by atoms with van der Waals surface area (Å²) in [6, 6.07) is 16.7. The topological polar surface area (TPSA) is 91.8 Å². The lowest BCUT2D eigenvalue weighted by Crippen LogP contribution is -2.53. The van der Waals surface area contributed by atoms with Gasteiger partial charge in [0, 0.05) is 47.2 Å². The molecule has 40 heavy (non-hydrogen) atoms. The molecule has 8 nitrogen and oxygen atoms in total. The molecule has 4 atom stereocenters. The van der Waals surface area contributed by atoms with E-state index in [4.69, 9.17) is 28.0 Å². The fourth-order valence-electron chi connectivity index (χ4n) is 5.61. The van der Waals surface area contributed by atoms with E-state index in [1.54, 1.807) is 71.9 Å². The van der Waals surface area contributed by atoms with Crippen molar-refractivity contribution in [1.82, 2.24) is 19.7 Å². The fraction of sp³-hybridized carbons (Fsp3) is 0.345. The van der Waals surface area contributed by atoms with Crippen molar-refractivity contribution in [2.24, 2.45) is 0 Å². The number of hydrogen-bond acceptors (Lipinski definition) is 5. The normalized spacial score (nSPS) is 22.0. The minimum atomic E-state index is -1.20. The quantitative estimate of drug-likeness (QED) is 0.365. The van der Waals surface area contributed by atoms with Gasteiger partial charge in [-0.2, -0.15) is 0 Å². The third kappa shape index (κ3) is 6.09. The van der Waals surface area contributed by atoms with Gasteiger partial charge in [0.2, 0.25) is 0 Å². The van der Waals surface area contributed by atoms with Crippen LogP contribution >= 0.6 is 23.2 Å². The first-order valence-electron chi connectivity index (χ1n) is 13.1. The predicted molar refractivity (Wildman–Crippen MR) is 155 cm³/mol. The molecule has 3 heterocycles. The molecule has 1 aromatic heterocycles. The Balaban J connectivity index is 1.55. The number of benzene rings is 2. The second kappa shape index (κ2) is 12.8. The van der Waals surface area contributed by atoms with E-state index in [0.717, 1.165) is 19.3 Å². The van der Waals surface area contributed by atoms with Gasteiger partial charge in [0.1, 0.15) is 6.61 Å². The van der Waals surface area contributed by atoms with E-state index in [-0.39, 0.29) is 25.1 Å². The molecule has 2 aliphatic heterocycles. The van der Waals surface area contributed by atoms with Gasteiger partial charge < -0.3 is 4.90 Å². The van der Waals surface area contributed by atoms with E-state index in [2.05, 4.69) is 10.5 Å². The third-order valence-electron chi connectivity index (χ3n) is 7.43. The molecule has 1 N–H and O–H groups in total. The molecular formula is C29H30Cl2N4O4S. The molecule has 0 saturated carbocycles. The monoisotopic (exact) mass is 600 g/mol. The maximum atomic E-state index is 14.1. The highest BCUT2D eigenvalue weighted by Gasteiger charge is 2.46. The van der Waals surface area contributed by atoms with Crippen LogP contribution in [0.2, 0.25) is 10.0 Å². The number of carbonyl (C=O) groups is 2. The molecule has 1 fully saturated rings. The first-order chi connectivity index (χ1) is 19.3. The molecule has 5 rings (SSSR count). The number of nitrogens with one attached hydrogen (secondary N) is 1. The van der Waals surface area contributed by atoms with Gasteiger partial charge in [-0.05, 0) is 54.3 Å². The Hall–Kier alpha value is -2.82. The summed E-state index contributed by atoms with van der Waals surface area (Å²) in [6.45, 7) is 1.05. The van der Waals surface area contributed by atoms with Crippen molar-refractivity contribution >= 4 is 46.0 Å². The van der Waals surface area contributed by atoms with E-state index >= 15 is 0 Å². The van der Waals surface area contributed by atoms with Crippen molar-refractivity contribution in [2.75, 3.05) is 19.3 Å². The Bertz CT molecular complexity index is 1410. The minimum absolute atomic E-state index is 0.0787. The Morgan fingerprint density at radius 1 is 1.10 bits per heavy atom. The molecular weight excluding hydrogens is 571 g/mol. The molecule has 11 heteroatoms. The number of fused-ring (bicyclic) bond motifs is 1. The lowest BCUT2D eigenvalue weighted by Gasteiger charge is -2.45. The van der Waals surface area contributed by atoms with Crippen LogP contribution in [0.1, 0.15) is 58.4 Å². The number of amides is 2. The van der Waals surface area contributed by atoms with Gasteiger partial charge >= 0.3 is 0 Å². The Morgan fingerprint density at radius 2 is 1.90 bits per heavy atom. The second-order valence-electron chi connectivity index (χ2n) is 9.92. The predicted octanol–water partition coefficient (Wildman–Crippen LogP) is 5.07. The summed E-state index contributed by atoms with van der Waals surface area (Å²) in [4.78, 5) is 39.5. The summed E-state index contributed by atoms with van der Waals surface area (Å²) in [5.41, 5.74) is 4.87. The van der Waals surface area contributed by atoms with Crippen molar-refractivity contribution in [2.45, 2.75) is 43.9 Å². The molecule has 2 amide bonds. The second-order valence-corrected chi connectivity index (χ2v) is 12.1. The van der Waals surface area contributed by atoms with Gasteiger partial charge in [0.25, 0.3) is 11.8 Å². The third-order valence-corrected chi connectivity index (χ3v) is 9.14. The first kappa shape index (κ1) is 28.7. The summed E-state index contributed by atoms with van der Waals surface area (Å²) in [6.07, 6.45) is 6.01. The van der Waals surface area contributed by atoms with Gasteiger partial charge in [-0.3, -0.25) is 19.4 Å². The van der Waals surface area contributed by atoms with E-state index in [1.807, 2.05) is 10.4 Å². The van der Waals surface area contributed by atoms with Crippen LogP contribution in [0, 0.1) is 0 Å². The van der Waals surface area contributed by atoms with Gasteiger partial charge in [-0.15, -0.1) is 0 Å². The van der Waals surface area contributed by atoms with Crippen LogP contribution in [-0.4, -0.2) is 55.6 Å². The molecule has 0 bridgehead atoms. The Kier molecular flexibility index (Phi) is 9.17. The number of hydroxylamine groups is 1. The molecule has 1 saturated heterocycles. The number of pyridine rings is 1. The van der Waals surface area contributed by atoms with Gasteiger partial charge in [-0.25, -0.2) is 14.0 Å². The zero-order valence-electron chi connectivity index (χ0n) is 22.0. The number of rotatable bonds is 8. The Morgan fingerprint density at radius 3 is 2.65 bits per heavy atom. The van der Waals surface area contributed by atoms with Crippen LogP contribution in [0.4, 0.5) is 0 Å². The van der Waals surface area contributed by atoms with Crippen molar-refractivity contribution in [3.8, 4) is 0 Å². The minimum Gasteiger partial charge on any atom is -0.329 e. The largest absolute Gasteiger partial charge is 0.329 e. The lowest BCUT2D eigenvalue weighted by molar-refractivity contribution is -0.138. The van der Waals surface area contributed by atoms with Crippen LogP contribution in [0.25, 0.3) is 0 Å². The van der Waals surface area contributed by atoms with Crippen molar-refractivity contribution in [3.63, 3.8) is 0 Å². The van der Waals surface area contributed by atoms with Crippen LogP contribution in [0.3, 0.4) is 0 Å². The molecule has 0 spiro atoms. The summed E-state index contributed by atoms with van der Waals surface area (Å²) in [7, 11) is -1.20. The maximum Gasteiger partial charge on any atom is 0.254 e. The molecule has 210 valence electrons. The van der Waals surface area contributed by atoms with Gasteiger partial charge in [0.15, 0.2) is 0 Å². The standard InChI is InChI=1S/C29H30Cl2N4O4S/c1-40(38)35-15-7-5-9-21(35)17-34-27(24-13-12-19(30)16-25(24)31)26(22-10-2-3-11-23(22)29(34)37)28(36)33-39-18-20-8-4-6-14-32-20/h2-4,6,8,10-14,16,21,26-27H,5,7,9,15,17-18H2,1H3,(H,33,36). The first-order valence-corrected chi connectivity index (χ1v) is 15.4. The van der Waals surface area contributed by atoms with Crippen LogP contribution in [-0.2, 0) is 27.2 Å². The molecule has 0 radical (unpaired) electrons. The summed E-state index contributed by atoms with van der Waals surface area (Å²) in [5, 5.41) is 0.795. The number of piperidine rings is 1. The smallest absolute Gasteiger partial charge is 0.254 e. The maximum absolute atomic E-state index is 14.1. The number of nitrogens with zero attached hydrogens (tertiary/aromatic N) is 3. The fourth-order valence-corrected chi connectivity index (χ4v) is 7.11. The average Bonchev–Trinajstić information content (AvgIpc) is 2.95. The number of halogens is 2. The van der Waals surface area contributed by atoms with E-state index in [1.165, 1.54) is 0 Å². The van der Waals surface area contributed by atoms with Crippen LogP contribution < -0.4 is 5.48 Å². The highest BCUT2D eigenvalue weighted by molar-refractivity contribution is 7.81. The van der Waals surface area contributed by atoms with Crippen molar-refractivity contribution in [3.05, 3.63) is 99.3 Å². The summed E-state index contributed by atoms with van der Waals surface area (Å²) in [5.74, 6) is -1.46. The highest BCUT2D eigenvalue weighted by atomic mass is 35.5. The number of aromatic nitrogens is 1. The average molecular weight is 602 g/mol.